The highest BCUT2D eigenvalue weighted by atomic mass is 32.2. The van der Waals surface area contributed by atoms with E-state index in [1.807, 2.05) is 42.2 Å². The molecule has 0 spiro atoms. The average molecular weight is 308 g/mol. The third-order valence-corrected chi connectivity index (χ3v) is 4.13. The second-order valence-electron chi connectivity index (χ2n) is 5.01. The van der Waals surface area contributed by atoms with E-state index in [0.29, 0.717) is 6.42 Å². The number of alkyl carbamates (subject to hydrolysis) is 1. The molecule has 0 aliphatic carbocycles. The number of nitrogens with zero attached hydrogens (tertiary/aromatic N) is 1. The zero-order chi connectivity index (χ0) is 15.1. The molecule has 1 aliphatic rings. The van der Waals surface area contributed by atoms with Crippen molar-refractivity contribution in [3.63, 3.8) is 0 Å². The van der Waals surface area contributed by atoms with Gasteiger partial charge in [-0.1, -0.05) is 30.3 Å². The summed E-state index contributed by atoms with van der Waals surface area (Å²) in [5, 5.41) is 2.69. The molecular weight excluding hydrogens is 288 g/mol. The van der Waals surface area contributed by atoms with Crippen LogP contribution in [0.15, 0.2) is 30.3 Å². The molecule has 1 atom stereocenters. The Labute approximate surface area is 129 Å². The van der Waals surface area contributed by atoms with E-state index >= 15 is 0 Å². The first kappa shape index (κ1) is 15.7. The maximum atomic E-state index is 11.9. The first-order valence-corrected chi connectivity index (χ1v) is 8.13. The van der Waals surface area contributed by atoms with Crippen molar-refractivity contribution in [2.75, 3.05) is 18.2 Å². The molecule has 0 radical (unpaired) electrons. The Balaban J connectivity index is 1.68. The summed E-state index contributed by atoms with van der Waals surface area (Å²) in [6.45, 7) is 2.84. The Kier molecular flexibility index (Phi) is 5.92. The number of hydrogen-bond donors (Lipinski definition) is 1. The van der Waals surface area contributed by atoms with Crippen molar-refractivity contribution in [2.24, 2.45) is 0 Å². The van der Waals surface area contributed by atoms with Gasteiger partial charge in [0.1, 0.15) is 6.61 Å². The van der Waals surface area contributed by atoms with Crippen LogP contribution in [-0.2, 0) is 16.1 Å². The van der Waals surface area contributed by atoms with Gasteiger partial charge in [-0.25, -0.2) is 4.79 Å². The van der Waals surface area contributed by atoms with Crippen LogP contribution >= 0.6 is 11.8 Å². The van der Waals surface area contributed by atoms with E-state index in [9.17, 15) is 9.59 Å². The number of benzene rings is 1. The molecular formula is C15H20N2O3S. The van der Waals surface area contributed by atoms with Crippen LogP contribution in [-0.4, -0.2) is 41.1 Å². The number of rotatable bonds is 5. The number of hydrogen-bond acceptors (Lipinski definition) is 4. The predicted octanol–water partition coefficient (Wildman–Crippen LogP) is 2.22. The van der Waals surface area contributed by atoms with Crippen molar-refractivity contribution < 1.29 is 14.3 Å². The van der Waals surface area contributed by atoms with E-state index in [1.54, 1.807) is 11.8 Å². The second-order valence-corrected chi connectivity index (χ2v) is 6.08. The van der Waals surface area contributed by atoms with Crippen LogP contribution in [0.4, 0.5) is 4.79 Å². The molecule has 6 heteroatoms. The van der Waals surface area contributed by atoms with E-state index in [4.69, 9.17) is 4.74 Å². The third kappa shape index (κ3) is 5.30. The molecule has 1 heterocycles. The first-order chi connectivity index (χ1) is 10.1. The Morgan fingerprint density at radius 1 is 1.38 bits per heavy atom. The molecule has 0 aromatic heterocycles. The van der Waals surface area contributed by atoms with Crippen molar-refractivity contribution in [3.8, 4) is 0 Å². The van der Waals surface area contributed by atoms with Gasteiger partial charge in [-0.15, -0.1) is 11.8 Å². The number of carbonyl (C=O) groups excluding carboxylic acids is 2. The van der Waals surface area contributed by atoms with Gasteiger partial charge in [0.15, 0.2) is 0 Å². The largest absolute Gasteiger partial charge is 0.445 e. The minimum Gasteiger partial charge on any atom is -0.445 e. The number of nitrogens with one attached hydrogen (secondary N) is 1. The smallest absolute Gasteiger partial charge is 0.407 e. The van der Waals surface area contributed by atoms with Crippen LogP contribution in [0.3, 0.4) is 0 Å². The van der Waals surface area contributed by atoms with Crippen LogP contribution in [0.2, 0.25) is 0 Å². The van der Waals surface area contributed by atoms with Crippen LogP contribution in [0.25, 0.3) is 0 Å². The van der Waals surface area contributed by atoms with Gasteiger partial charge in [0, 0.05) is 24.8 Å². The average Bonchev–Trinajstić information content (AvgIpc) is 3.00. The van der Waals surface area contributed by atoms with Gasteiger partial charge in [-0.3, -0.25) is 4.79 Å². The normalized spacial score (nSPS) is 15.6. The van der Waals surface area contributed by atoms with Crippen molar-refractivity contribution >= 4 is 23.8 Å². The minimum absolute atomic E-state index is 0.0795. The summed E-state index contributed by atoms with van der Waals surface area (Å²) in [4.78, 5) is 25.4. The summed E-state index contributed by atoms with van der Waals surface area (Å²) in [5.74, 6) is 1.83. The van der Waals surface area contributed by atoms with Gasteiger partial charge in [0.05, 0.1) is 5.88 Å². The third-order valence-electron chi connectivity index (χ3n) is 3.16. The van der Waals surface area contributed by atoms with Gasteiger partial charge in [0.2, 0.25) is 5.91 Å². The molecule has 1 unspecified atom stereocenters. The fourth-order valence-electron chi connectivity index (χ4n) is 2.02. The monoisotopic (exact) mass is 308 g/mol. The maximum Gasteiger partial charge on any atom is 0.407 e. The summed E-state index contributed by atoms with van der Waals surface area (Å²) < 4.78 is 5.13. The highest BCUT2D eigenvalue weighted by molar-refractivity contribution is 7.99. The quantitative estimate of drug-likeness (QED) is 0.906. The van der Waals surface area contributed by atoms with Crippen LogP contribution in [0.1, 0.15) is 18.9 Å². The first-order valence-electron chi connectivity index (χ1n) is 6.98. The van der Waals surface area contributed by atoms with Crippen LogP contribution < -0.4 is 5.32 Å². The minimum atomic E-state index is -0.491. The highest BCUT2D eigenvalue weighted by Crippen LogP contribution is 2.14. The molecule has 114 valence electrons. The van der Waals surface area contributed by atoms with E-state index in [0.717, 1.165) is 23.7 Å². The highest BCUT2D eigenvalue weighted by Gasteiger charge is 2.21. The molecule has 5 nitrogen and oxygen atoms in total. The predicted molar refractivity (Wildman–Crippen MR) is 82.9 cm³/mol. The summed E-state index contributed by atoms with van der Waals surface area (Å²) >= 11 is 1.75. The van der Waals surface area contributed by atoms with E-state index < -0.39 is 6.09 Å². The molecule has 1 aromatic carbocycles. The molecule has 0 bridgehead atoms. The molecule has 1 fully saturated rings. The maximum absolute atomic E-state index is 11.9. The summed E-state index contributed by atoms with van der Waals surface area (Å²) in [7, 11) is 0. The zero-order valence-corrected chi connectivity index (χ0v) is 12.9. The number of ether oxygens (including phenoxy) is 1. The van der Waals surface area contributed by atoms with Crippen molar-refractivity contribution in [3.05, 3.63) is 35.9 Å². The number of thioether (sulfide) groups is 1. The van der Waals surface area contributed by atoms with Gasteiger partial charge in [-0.05, 0) is 12.5 Å². The van der Waals surface area contributed by atoms with Crippen LogP contribution in [0, 0.1) is 0 Å². The van der Waals surface area contributed by atoms with Gasteiger partial charge >= 0.3 is 6.09 Å². The lowest BCUT2D eigenvalue weighted by molar-refractivity contribution is -0.130. The molecule has 1 aliphatic heterocycles. The van der Waals surface area contributed by atoms with E-state index in [1.165, 1.54) is 0 Å². The zero-order valence-electron chi connectivity index (χ0n) is 12.1. The van der Waals surface area contributed by atoms with Gasteiger partial charge in [0.25, 0.3) is 0 Å². The Morgan fingerprint density at radius 2 is 2.14 bits per heavy atom. The topological polar surface area (TPSA) is 58.6 Å². The molecule has 21 heavy (non-hydrogen) atoms. The van der Waals surface area contributed by atoms with E-state index in [-0.39, 0.29) is 18.6 Å². The lowest BCUT2D eigenvalue weighted by atomic mass is 10.2. The molecule has 1 saturated heterocycles. The molecule has 2 amide bonds. The van der Waals surface area contributed by atoms with Crippen LogP contribution in [0.5, 0.6) is 0 Å². The van der Waals surface area contributed by atoms with Crippen molar-refractivity contribution in [1.29, 1.82) is 0 Å². The van der Waals surface area contributed by atoms with Gasteiger partial charge < -0.3 is 15.0 Å². The molecule has 2 rings (SSSR count). The lowest BCUT2D eigenvalue weighted by Crippen LogP contribution is -2.38. The fourth-order valence-corrected chi connectivity index (χ4v) is 2.99. The molecule has 1 N–H and O–H groups in total. The lowest BCUT2D eigenvalue weighted by Gasteiger charge is -2.18. The number of carbonyl (C=O) groups is 2. The molecule has 1 aromatic rings. The summed E-state index contributed by atoms with van der Waals surface area (Å²) in [5.41, 5.74) is 0.936. The number of amides is 2. The summed E-state index contributed by atoms with van der Waals surface area (Å²) in [6, 6.07) is 9.26. The van der Waals surface area contributed by atoms with Gasteiger partial charge in [-0.2, -0.15) is 0 Å². The Morgan fingerprint density at radius 3 is 2.81 bits per heavy atom. The van der Waals surface area contributed by atoms with Crippen molar-refractivity contribution in [2.45, 2.75) is 26.0 Å². The second kappa shape index (κ2) is 7.93. The molecule has 0 saturated carbocycles. The Hall–Kier alpha value is -1.69. The van der Waals surface area contributed by atoms with Crippen molar-refractivity contribution in [1.82, 2.24) is 10.2 Å². The fraction of sp³-hybridized carbons (Fsp3) is 0.467. The standard InChI is InChI=1S/C15H20N2O3S/c1-12(9-14(18)17-7-8-21-11-17)16-15(19)20-10-13-5-3-2-4-6-13/h2-6,12H,7-11H2,1H3,(H,16,19). The summed E-state index contributed by atoms with van der Waals surface area (Å²) in [6.07, 6.45) is -0.184. The van der Waals surface area contributed by atoms with E-state index in [2.05, 4.69) is 5.32 Å². The SMILES string of the molecule is CC(CC(=O)N1CCSC1)NC(=O)OCc1ccccc1. The Bertz CT molecular complexity index is 475.